The molecule has 0 aromatic carbocycles. The minimum absolute atomic E-state index is 0.0662. The Morgan fingerprint density at radius 2 is 2.31 bits per heavy atom. The van der Waals surface area contributed by atoms with Gasteiger partial charge in [0.25, 0.3) is 0 Å². The summed E-state index contributed by atoms with van der Waals surface area (Å²) in [6.07, 6.45) is 5.37. The summed E-state index contributed by atoms with van der Waals surface area (Å²) in [6, 6.07) is 0. The van der Waals surface area contributed by atoms with Crippen LogP contribution in [0.1, 0.15) is 31.6 Å². The standard InChI is InChI=1S/C10H18N4O2/c11-6-3-1-2-4-9(15)12-7-5-10-13-8-14-16-10/h8H,1-7,11H2,(H,12,15). The lowest BCUT2D eigenvalue weighted by Crippen LogP contribution is -2.25. The number of nitrogens with two attached hydrogens (primary N) is 1. The fraction of sp³-hybridized carbons (Fsp3) is 0.700. The number of carbonyl (C=O) groups excluding carboxylic acids is 1. The molecule has 3 N–H and O–H groups in total. The average molecular weight is 226 g/mol. The second-order valence-electron chi connectivity index (χ2n) is 3.53. The lowest BCUT2D eigenvalue weighted by atomic mass is 10.2. The number of nitrogens with one attached hydrogen (secondary N) is 1. The number of amides is 1. The van der Waals surface area contributed by atoms with Gasteiger partial charge in [0, 0.05) is 19.4 Å². The first-order valence-corrected chi connectivity index (χ1v) is 5.55. The molecule has 1 aromatic heterocycles. The largest absolute Gasteiger partial charge is 0.356 e. The Morgan fingerprint density at radius 1 is 1.44 bits per heavy atom. The van der Waals surface area contributed by atoms with Crippen molar-refractivity contribution in [2.24, 2.45) is 5.73 Å². The first kappa shape index (κ1) is 12.6. The van der Waals surface area contributed by atoms with Gasteiger partial charge in [-0.1, -0.05) is 11.6 Å². The van der Waals surface area contributed by atoms with E-state index in [0.717, 1.165) is 19.3 Å². The van der Waals surface area contributed by atoms with E-state index >= 15 is 0 Å². The van der Waals surface area contributed by atoms with Gasteiger partial charge in [0.15, 0.2) is 6.33 Å². The Balaban J connectivity index is 1.98. The minimum atomic E-state index is 0.0662. The molecular weight excluding hydrogens is 208 g/mol. The topological polar surface area (TPSA) is 94.0 Å². The number of aromatic nitrogens is 2. The summed E-state index contributed by atoms with van der Waals surface area (Å²) in [5.74, 6) is 0.611. The molecule has 1 heterocycles. The van der Waals surface area contributed by atoms with Gasteiger partial charge in [-0.15, -0.1) is 0 Å². The van der Waals surface area contributed by atoms with Crippen LogP contribution in [0.15, 0.2) is 10.9 Å². The summed E-state index contributed by atoms with van der Waals surface area (Å²) in [7, 11) is 0. The van der Waals surface area contributed by atoms with Gasteiger partial charge in [0.2, 0.25) is 11.8 Å². The summed E-state index contributed by atoms with van der Waals surface area (Å²) >= 11 is 0. The molecule has 0 fully saturated rings. The van der Waals surface area contributed by atoms with Gasteiger partial charge in [-0.25, -0.2) is 0 Å². The Hall–Kier alpha value is -1.43. The molecule has 0 aliphatic rings. The number of nitrogens with zero attached hydrogens (tertiary/aromatic N) is 2. The summed E-state index contributed by atoms with van der Waals surface area (Å²) in [5, 5.41) is 6.28. The van der Waals surface area contributed by atoms with Gasteiger partial charge in [0.1, 0.15) is 0 Å². The highest BCUT2D eigenvalue weighted by molar-refractivity contribution is 5.75. The second-order valence-corrected chi connectivity index (χ2v) is 3.53. The highest BCUT2D eigenvalue weighted by Gasteiger charge is 2.02. The third-order valence-corrected chi connectivity index (χ3v) is 2.18. The molecule has 0 unspecified atom stereocenters. The molecule has 1 rings (SSSR count). The van der Waals surface area contributed by atoms with Crippen molar-refractivity contribution in [2.75, 3.05) is 13.1 Å². The number of hydrogen-bond donors (Lipinski definition) is 2. The van der Waals surface area contributed by atoms with Crippen LogP contribution in [0.25, 0.3) is 0 Å². The number of unbranched alkanes of at least 4 members (excludes halogenated alkanes) is 2. The van der Waals surface area contributed by atoms with E-state index in [0.29, 0.717) is 31.8 Å². The van der Waals surface area contributed by atoms with Gasteiger partial charge >= 0.3 is 0 Å². The fourth-order valence-electron chi connectivity index (χ4n) is 1.31. The Labute approximate surface area is 94.6 Å². The van der Waals surface area contributed by atoms with E-state index in [9.17, 15) is 4.79 Å². The molecule has 0 aliphatic carbocycles. The molecule has 0 aliphatic heterocycles. The maximum absolute atomic E-state index is 11.3. The Bertz CT molecular complexity index is 287. The molecule has 6 heteroatoms. The zero-order valence-corrected chi connectivity index (χ0v) is 9.32. The molecule has 16 heavy (non-hydrogen) atoms. The molecule has 0 bridgehead atoms. The molecule has 1 aromatic rings. The first-order chi connectivity index (χ1) is 7.83. The summed E-state index contributed by atoms with van der Waals surface area (Å²) in [6.45, 7) is 1.23. The van der Waals surface area contributed by atoms with Crippen molar-refractivity contribution in [2.45, 2.75) is 32.1 Å². The van der Waals surface area contributed by atoms with Crippen LogP contribution < -0.4 is 11.1 Å². The third kappa shape index (κ3) is 5.45. The highest BCUT2D eigenvalue weighted by atomic mass is 16.5. The van der Waals surface area contributed by atoms with Gasteiger partial charge in [-0.3, -0.25) is 4.79 Å². The van der Waals surface area contributed by atoms with Crippen LogP contribution in [-0.4, -0.2) is 29.1 Å². The van der Waals surface area contributed by atoms with Crippen LogP contribution in [0.5, 0.6) is 0 Å². The lowest BCUT2D eigenvalue weighted by Gasteiger charge is -2.02. The molecule has 0 saturated carbocycles. The highest BCUT2D eigenvalue weighted by Crippen LogP contribution is 1.98. The molecule has 0 saturated heterocycles. The SMILES string of the molecule is NCCCCCC(=O)NCCc1ncno1. The lowest BCUT2D eigenvalue weighted by molar-refractivity contribution is -0.121. The quantitative estimate of drug-likeness (QED) is 0.619. The second kappa shape index (κ2) is 7.81. The maximum atomic E-state index is 11.3. The van der Waals surface area contributed by atoms with Gasteiger partial charge in [-0.05, 0) is 19.4 Å². The predicted octanol–water partition coefficient (Wildman–Crippen LogP) is 0.247. The zero-order chi connectivity index (χ0) is 11.6. The normalized spacial score (nSPS) is 10.3. The van der Waals surface area contributed by atoms with Gasteiger partial charge in [0.05, 0.1) is 0 Å². The number of rotatable bonds is 8. The van der Waals surface area contributed by atoms with Crippen LogP contribution in [0.2, 0.25) is 0 Å². The van der Waals surface area contributed by atoms with Crippen molar-refractivity contribution in [3.05, 3.63) is 12.2 Å². The van der Waals surface area contributed by atoms with E-state index < -0.39 is 0 Å². The van der Waals surface area contributed by atoms with Crippen LogP contribution in [-0.2, 0) is 11.2 Å². The van der Waals surface area contributed by atoms with Crippen molar-refractivity contribution in [1.82, 2.24) is 15.5 Å². The molecule has 1 amide bonds. The van der Waals surface area contributed by atoms with E-state index in [-0.39, 0.29) is 5.91 Å². The van der Waals surface area contributed by atoms with Crippen molar-refractivity contribution in [3.8, 4) is 0 Å². The molecule has 0 radical (unpaired) electrons. The maximum Gasteiger partial charge on any atom is 0.228 e. The van der Waals surface area contributed by atoms with Crippen LogP contribution in [0, 0.1) is 0 Å². The summed E-state index contributed by atoms with van der Waals surface area (Å²) in [5.41, 5.74) is 5.36. The van der Waals surface area contributed by atoms with Crippen LogP contribution in [0.4, 0.5) is 0 Å². The zero-order valence-electron chi connectivity index (χ0n) is 9.32. The summed E-state index contributed by atoms with van der Waals surface area (Å²) in [4.78, 5) is 15.2. The monoisotopic (exact) mass is 226 g/mol. The molecule has 0 atom stereocenters. The van der Waals surface area contributed by atoms with Crippen molar-refractivity contribution >= 4 is 5.91 Å². The van der Waals surface area contributed by atoms with E-state index in [1.165, 1.54) is 6.33 Å². The van der Waals surface area contributed by atoms with E-state index in [1.807, 2.05) is 0 Å². The van der Waals surface area contributed by atoms with Crippen LogP contribution in [0.3, 0.4) is 0 Å². The Kier molecular flexibility index (Phi) is 6.17. The van der Waals surface area contributed by atoms with Crippen LogP contribution >= 0.6 is 0 Å². The smallest absolute Gasteiger partial charge is 0.228 e. The van der Waals surface area contributed by atoms with E-state index in [4.69, 9.17) is 10.3 Å². The predicted molar refractivity (Wildman–Crippen MR) is 58.5 cm³/mol. The van der Waals surface area contributed by atoms with Gasteiger partial charge < -0.3 is 15.6 Å². The Morgan fingerprint density at radius 3 is 3.00 bits per heavy atom. The van der Waals surface area contributed by atoms with Gasteiger partial charge in [-0.2, -0.15) is 4.98 Å². The first-order valence-electron chi connectivity index (χ1n) is 5.55. The third-order valence-electron chi connectivity index (χ3n) is 2.18. The van der Waals surface area contributed by atoms with Crippen molar-refractivity contribution in [3.63, 3.8) is 0 Å². The van der Waals surface area contributed by atoms with Crippen molar-refractivity contribution in [1.29, 1.82) is 0 Å². The van der Waals surface area contributed by atoms with E-state index in [1.54, 1.807) is 0 Å². The molecule has 0 spiro atoms. The minimum Gasteiger partial charge on any atom is -0.356 e. The number of hydrogen-bond acceptors (Lipinski definition) is 5. The molecule has 90 valence electrons. The average Bonchev–Trinajstić information content (AvgIpc) is 2.77. The number of carbonyl (C=O) groups is 1. The van der Waals surface area contributed by atoms with Crippen molar-refractivity contribution < 1.29 is 9.32 Å². The molecule has 6 nitrogen and oxygen atoms in total. The fourth-order valence-corrected chi connectivity index (χ4v) is 1.31. The molecular formula is C10H18N4O2. The van der Waals surface area contributed by atoms with E-state index in [2.05, 4.69) is 15.5 Å². The summed E-state index contributed by atoms with van der Waals surface area (Å²) < 4.78 is 4.80.